The molecule has 30 heavy (non-hydrogen) atoms. The van der Waals surface area contributed by atoms with Crippen LogP contribution in [0.3, 0.4) is 0 Å². The SMILES string of the molecule is CCc1ccc(/C=N/Nc2nc(N)c3ncn([C@@H]4O[C@H](CO)[C@@H](O)[C@H]4O)c3n2)cc1. The number of nitrogen functional groups attached to an aromatic ring is 1. The number of nitrogens with one attached hydrogen (secondary N) is 1. The van der Waals surface area contributed by atoms with Crippen LogP contribution in [0.25, 0.3) is 11.2 Å². The van der Waals surface area contributed by atoms with Crippen LogP contribution in [0.2, 0.25) is 0 Å². The lowest BCUT2D eigenvalue weighted by Gasteiger charge is -2.16. The van der Waals surface area contributed by atoms with Crippen molar-refractivity contribution in [1.29, 1.82) is 0 Å². The van der Waals surface area contributed by atoms with Crippen molar-refractivity contribution in [3.8, 4) is 0 Å². The normalized spacial score (nSPS) is 24.1. The summed E-state index contributed by atoms with van der Waals surface area (Å²) in [4.78, 5) is 12.7. The van der Waals surface area contributed by atoms with Crippen molar-refractivity contribution in [2.45, 2.75) is 37.9 Å². The fourth-order valence-corrected chi connectivity index (χ4v) is 3.29. The first-order chi connectivity index (χ1) is 14.5. The van der Waals surface area contributed by atoms with Crippen LogP contribution in [0.4, 0.5) is 11.8 Å². The van der Waals surface area contributed by atoms with Crippen molar-refractivity contribution in [3.63, 3.8) is 0 Å². The van der Waals surface area contributed by atoms with Crippen molar-refractivity contribution >= 4 is 29.1 Å². The van der Waals surface area contributed by atoms with E-state index in [2.05, 4.69) is 32.4 Å². The third-order valence-electron chi connectivity index (χ3n) is 5.01. The Labute approximate surface area is 171 Å². The van der Waals surface area contributed by atoms with E-state index in [9.17, 15) is 15.3 Å². The van der Waals surface area contributed by atoms with Crippen LogP contribution in [0, 0.1) is 0 Å². The number of aliphatic hydroxyl groups is 3. The van der Waals surface area contributed by atoms with E-state index in [1.54, 1.807) is 6.21 Å². The highest BCUT2D eigenvalue weighted by atomic mass is 16.6. The Morgan fingerprint density at radius 3 is 2.67 bits per heavy atom. The first-order valence-corrected chi connectivity index (χ1v) is 9.52. The summed E-state index contributed by atoms with van der Waals surface area (Å²) in [6, 6.07) is 7.97. The number of ether oxygens (including phenoxy) is 1. The summed E-state index contributed by atoms with van der Waals surface area (Å²) in [6.45, 7) is 1.66. The zero-order chi connectivity index (χ0) is 21.3. The molecule has 1 fully saturated rings. The third kappa shape index (κ3) is 3.71. The average molecular weight is 413 g/mol. The first kappa shape index (κ1) is 20.2. The predicted molar refractivity (Wildman–Crippen MR) is 110 cm³/mol. The Hall–Kier alpha value is -3.12. The molecule has 6 N–H and O–H groups in total. The second kappa shape index (κ2) is 8.32. The molecule has 158 valence electrons. The summed E-state index contributed by atoms with van der Waals surface area (Å²) >= 11 is 0. The molecule has 2 aromatic heterocycles. The molecular weight excluding hydrogens is 390 g/mol. The van der Waals surface area contributed by atoms with Gasteiger partial charge >= 0.3 is 0 Å². The van der Waals surface area contributed by atoms with E-state index in [0.717, 1.165) is 12.0 Å². The lowest BCUT2D eigenvalue weighted by Crippen LogP contribution is -2.33. The summed E-state index contributed by atoms with van der Waals surface area (Å²) in [5.74, 6) is 0.255. The van der Waals surface area contributed by atoms with Crippen LogP contribution in [0.1, 0.15) is 24.3 Å². The van der Waals surface area contributed by atoms with Gasteiger partial charge in [0.05, 0.1) is 19.1 Å². The molecule has 3 aromatic rings. The number of hydrogen-bond acceptors (Lipinski definition) is 10. The number of aryl methyl sites for hydroxylation is 1. The predicted octanol–water partition coefficient (Wildman–Crippen LogP) is 0.0284. The quantitative estimate of drug-likeness (QED) is 0.277. The molecule has 11 heteroatoms. The average Bonchev–Trinajstić information content (AvgIpc) is 3.30. The molecule has 4 atom stereocenters. The Balaban J connectivity index is 1.58. The van der Waals surface area contributed by atoms with Gasteiger partial charge in [-0.2, -0.15) is 15.1 Å². The minimum Gasteiger partial charge on any atom is -0.394 e. The number of hydrazone groups is 1. The van der Waals surface area contributed by atoms with Gasteiger partial charge in [-0.3, -0.25) is 4.57 Å². The van der Waals surface area contributed by atoms with E-state index in [1.807, 2.05) is 24.3 Å². The van der Waals surface area contributed by atoms with Crippen LogP contribution >= 0.6 is 0 Å². The van der Waals surface area contributed by atoms with Crippen LogP contribution in [-0.2, 0) is 11.2 Å². The smallest absolute Gasteiger partial charge is 0.247 e. The van der Waals surface area contributed by atoms with E-state index < -0.39 is 31.1 Å². The molecule has 4 rings (SSSR count). The highest BCUT2D eigenvalue weighted by Crippen LogP contribution is 2.32. The zero-order valence-corrected chi connectivity index (χ0v) is 16.3. The minimum atomic E-state index is -1.27. The van der Waals surface area contributed by atoms with Gasteiger partial charge in [-0.05, 0) is 17.5 Å². The van der Waals surface area contributed by atoms with Crippen LogP contribution < -0.4 is 11.2 Å². The fourth-order valence-electron chi connectivity index (χ4n) is 3.29. The molecular formula is C19H23N7O4. The van der Waals surface area contributed by atoms with E-state index in [0.29, 0.717) is 11.2 Å². The summed E-state index contributed by atoms with van der Waals surface area (Å²) < 4.78 is 6.99. The number of imidazole rings is 1. The van der Waals surface area contributed by atoms with Crippen LogP contribution in [0.5, 0.6) is 0 Å². The number of fused-ring (bicyclic) bond motifs is 1. The minimum absolute atomic E-state index is 0.121. The number of hydrogen-bond donors (Lipinski definition) is 5. The van der Waals surface area contributed by atoms with Gasteiger partial charge in [0.2, 0.25) is 5.95 Å². The van der Waals surface area contributed by atoms with Gasteiger partial charge in [0, 0.05) is 0 Å². The highest BCUT2D eigenvalue weighted by molar-refractivity contribution is 5.83. The molecule has 0 unspecified atom stereocenters. The van der Waals surface area contributed by atoms with Gasteiger partial charge in [-0.15, -0.1) is 0 Å². The number of benzene rings is 1. The molecule has 0 spiro atoms. The molecule has 0 radical (unpaired) electrons. The summed E-state index contributed by atoms with van der Waals surface area (Å²) in [6.07, 6.45) is -0.418. The first-order valence-electron chi connectivity index (χ1n) is 9.52. The molecule has 1 aliphatic rings. The number of aliphatic hydroxyl groups excluding tert-OH is 3. The van der Waals surface area contributed by atoms with Gasteiger partial charge in [0.25, 0.3) is 0 Å². The van der Waals surface area contributed by atoms with Crippen molar-refractivity contribution in [1.82, 2.24) is 19.5 Å². The van der Waals surface area contributed by atoms with E-state index in [-0.39, 0.29) is 11.8 Å². The van der Waals surface area contributed by atoms with E-state index in [4.69, 9.17) is 10.5 Å². The second-order valence-corrected chi connectivity index (χ2v) is 6.95. The number of rotatable bonds is 6. The molecule has 0 saturated carbocycles. The van der Waals surface area contributed by atoms with Crippen molar-refractivity contribution in [3.05, 3.63) is 41.7 Å². The van der Waals surface area contributed by atoms with E-state index >= 15 is 0 Å². The number of anilines is 2. The maximum absolute atomic E-state index is 10.3. The van der Waals surface area contributed by atoms with Gasteiger partial charge in [0.1, 0.15) is 23.8 Å². The highest BCUT2D eigenvalue weighted by Gasteiger charge is 2.44. The van der Waals surface area contributed by atoms with Gasteiger partial charge < -0.3 is 25.8 Å². The van der Waals surface area contributed by atoms with Gasteiger partial charge in [-0.1, -0.05) is 31.2 Å². The fraction of sp³-hybridized carbons (Fsp3) is 0.368. The number of nitrogens with zero attached hydrogens (tertiary/aromatic N) is 5. The van der Waals surface area contributed by atoms with Gasteiger partial charge in [-0.25, -0.2) is 10.4 Å². The summed E-state index contributed by atoms with van der Waals surface area (Å²) in [5, 5.41) is 33.7. The molecule has 0 aliphatic carbocycles. The Bertz CT molecular complexity index is 1050. The molecule has 1 aromatic carbocycles. The number of aromatic nitrogens is 4. The van der Waals surface area contributed by atoms with E-state index in [1.165, 1.54) is 16.5 Å². The summed E-state index contributed by atoms with van der Waals surface area (Å²) in [5.41, 5.74) is 11.5. The van der Waals surface area contributed by atoms with Gasteiger partial charge in [0.15, 0.2) is 17.7 Å². The lowest BCUT2D eigenvalue weighted by molar-refractivity contribution is -0.0511. The third-order valence-corrected chi connectivity index (χ3v) is 5.01. The maximum atomic E-state index is 10.3. The van der Waals surface area contributed by atoms with Crippen LogP contribution in [-0.4, -0.2) is 66.0 Å². The maximum Gasteiger partial charge on any atom is 0.247 e. The van der Waals surface area contributed by atoms with Crippen LogP contribution in [0.15, 0.2) is 35.7 Å². The Morgan fingerprint density at radius 2 is 2.00 bits per heavy atom. The second-order valence-electron chi connectivity index (χ2n) is 6.95. The molecule has 0 bridgehead atoms. The Morgan fingerprint density at radius 1 is 1.23 bits per heavy atom. The monoisotopic (exact) mass is 413 g/mol. The zero-order valence-electron chi connectivity index (χ0n) is 16.3. The van der Waals surface area contributed by atoms with Crippen molar-refractivity contribution < 1.29 is 20.1 Å². The van der Waals surface area contributed by atoms with Crippen molar-refractivity contribution in [2.75, 3.05) is 17.8 Å². The summed E-state index contributed by atoms with van der Waals surface area (Å²) in [7, 11) is 0. The lowest BCUT2D eigenvalue weighted by atomic mass is 10.1. The molecule has 1 aliphatic heterocycles. The standard InChI is InChI=1S/C19H23N7O4/c1-2-10-3-5-11(6-4-10)7-22-25-19-23-16(20)13-17(24-19)26(9-21-13)18-15(29)14(28)12(8-27)30-18/h3-7,9,12,14-15,18,27-29H,2,8H2,1H3,(H3,20,23,24,25)/b22-7+/t12-,14-,15-,18-/m1/s1. The number of nitrogens with two attached hydrogens (primary N) is 1. The Kier molecular flexibility index (Phi) is 5.59. The molecule has 0 amide bonds. The van der Waals surface area contributed by atoms with Crippen molar-refractivity contribution in [2.24, 2.45) is 5.10 Å². The molecule has 3 heterocycles. The molecule has 11 nitrogen and oxygen atoms in total. The molecule has 1 saturated heterocycles. The topological polar surface area (TPSA) is 164 Å². The largest absolute Gasteiger partial charge is 0.394 e.